The van der Waals surface area contributed by atoms with Crippen molar-refractivity contribution in [3.63, 3.8) is 0 Å². The second-order valence-electron chi connectivity index (χ2n) is 16.1. The van der Waals surface area contributed by atoms with E-state index >= 15 is 0 Å². The number of esters is 1. The van der Waals surface area contributed by atoms with E-state index in [-0.39, 0.29) is 32.2 Å². The topological polar surface area (TPSA) is 91.3 Å². The van der Waals surface area contributed by atoms with E-state index < -0.39 is 13.9 Å². The first-order valence-corrected chi connectivity index (χ1v) is 23.9. The zero-order valence-electron chi connectivity index (χ0n) is 36.4. The van der Waals surface area contributed by atoms with Gasteiger partial charge in [-0.2, -0.15) is 0 Å². The molecule has 0 bridgehead atoms. The Balaban J connectivity index is 4.32. The molecule has 0 aliphatic carbocycles. The number of hydrogen-bond acceptors (Lipinski definition) is 6. The number of quaternary nitrogens is 1. The molecule has 0 fully saturated rings. The van der Waals surface area contributed by atoms with Gasteiger partial charge >= 0.3 is 13.8 Å². The Hall–Kier alpha value is -1.54. The lowest BCUT2D eigenvalue weighted by Crippen LogP contribution is -2.37. The number of nitrogens with zero attached hydrogens (tertiary/aromatic N) is 1. The van der Waals surface area contributed by atoms with Crippen molar-refractivity contribution in [2.24, 2.45) is 0 Å². The summed E-state index contributed by atoms with van der Waals surface area (Å²) < 4.78 is 34.9. The highest BCUT2D eigenvalue weighted by Gasteiger charge is 2.26. The van der Waals surface area contributed by atoms with Crippen molar-refractivity contribution >= 4 is 13.8 Å². The summed E-state index contributed by atoms with van der Waals surface area (Å²) in [5, 5.41) is 0. The zero-order valence-corrected chi connectivity index (χ0v) is 37.3. The van der Waals surface area contributed by atoms with Gasteiger partial charge in [-0.25, -0.2) is 4.57 Å². The summed E-state index contributed by atoms with van der Waals surface area (Å²) >= 11 is 0. The van der Waals surface area contributed by atoms with Crippen LogP contribution >= 0.6 is 7.82 Å². The number of rotatable bonds is 41. The van der Waals surface area contributed by atoms with Crippen molar-refractivity contribution in [1.29, 1.82) is 0 Å². The van der Waals surface area contributed by atoms with Crippen molar-refractivity contribution < 1.29 is 37.3 Å². The van der Waals surface area contributed by atoms with Gasteiger partial charge < -0.3 is 18.9 Å². The van der Waals surface area contributed by atoms with Crippen LogP contribution in [0.5, 0.6) is 0 Å². The minimum atomic E-state index is -4.29. The third-order valence-corrected chi connectivity index (χ3v) is 10.4. The Morgan fingerprint density at radius 3 is 1.49 bits per heavy atom. The Kier molecular flexibility index (Phi) is 38.2. The van der Waals surface area contributed by atoms with Crippen LogP contribution in [0.1, 0.15) is 181 Å². The first kappa shape index (κ1) is 53.5. The van der Waals surface area contributed by atoms with Crippen molar-refractivity contribution in [2.45, 2.75) is 187 Å². The maximum absolute atomic E-state index is 12.7. The Bertz CT molecular complexity index is 1020. The molecule has 8 nitrogen and oxygen atoms in total. The highest BCUT2D eigenvalue weighted by molar-refractivity contribution is 7.47. The number of unbranched alkanes of at least 4 members (excludes halogenated alkanes) is 19. The van der Waals surface area contributed by atoms with Crippen LogP contribution in [0.4, 0.5) is 0 Å². The molecule has 1 unspecified atom stereocenters. The minimum Gasteiger partial charge on any atom is -0.457 e. The SMILES string of the molecule is CCCCC/C=C/C/C=C/C/C=C/C/C=C/CCCC(=O)O[C@H](COCCCCCCCCCCCCCCCCCC)COP(=O)(O)OCC[N+](C)(C)C. The summed E-state index contributed by atoms with van der Waals surface area (Å²) in [7, 11) is 1.63. The molecule has 0 saturated carbocycles. The first-order valence-electron chi connectivity index (χ1n) is 22.4. The predicted octanol–water partition coefficient (Wildman–Crippen LogP) is 13.2. The maximum Gasteiger partial charge on any atom is 0.472 e. The van der Waals surface area contributed by atoms with E-state index in [0.717, 1.165) is 38.5 Å². The molecule has 55 heavy (non-hydrogen) atoms. The number of phosphoric ester groups is 1. The number of phosphoric acid groups is 1. The molecular formula is C46H87NO7P+. The van der Waals surface area contributed by atoms with Gasteiger partial charge in [-0.3, -0.25) is 13.8 Å². The van der Waals surface area contributed by atoms with Gasteiger partial charge in [0.15, 0.2) is 0 Å². The number of likely N-dealkylation sites (N-methyl/N-ethyl adjacent to an activating group) is 1. The largest absolute Gasteiger partial charge is 0.472 e. The molecule has 1 N–H and O–H groups in total. The molecule has 0 aromatic heterocycles. The quantitative estimate of drug-likeness (QED) is 0.0217. The van der Waals surface area contributed by atoms with Gasteiger partial charge in [-0.15, -0.1) is 0 Å². The van der Waals surface area contributed by atoms with Crippen molar-refractivity contribution in [2.75, 3.05) is 54.1 Å². The van der Waals surface area contributed by atoms with Gasteiger partial charge in [-0.1, -0.05) is 172 Å². The van der Waals surface area contributed by atoms with E-state index in [4.69, 9.17) is 18.5 Å². The lowest BCUT2D eigenvalue weighted by Gasteiger charge is -2.24. The fraction of sp³-hybridized carbons (Fsp3) is 0.804. The fourth-order valence-corrected chi connectivity index (χ4v) is 6.64. The third kappa shape index (κ3) is 43.4. The minimum absolute atomic E-state index is 0.0783. The van der Waals surface area contributed by atoms with E-state index in [1.165, 1.54) is 116 Å². The van der Waals surface area contributed by atoms with Crippen molar-refractivity contribution in [3.05, 3.63) is 48.6 Å². The van der Waals surface area contributed by atoms with Gasteiger partial charge in [-0.05, 0) is 51.4 Å². The molecule has 0 saturated heterocycles. The Labute approximate surface area is 339 Å². The van der Waals surface area contributed by atoms with E-state index in [1.807, 2.05) is 21.1 Å². The highest BCUT2D eigenvalue weighted by atomic mass is 31.2. The van der Waals surface area contributed by atoms with Crippen molar-refractivity contribution in [1.82, 2.24) is 0 Å². The highest BCUT2D eigenvalue weighted by Crippen LogP contribution is 2.43. The van der Waals surface area contributed by atoms with E-state index in [2.05, 4.69) is 62.5 Å². The van der Waals surface area contributed by atoms with Gasteiger partial charge in [0, 0.05) is 13.0 Å². The van der Waals surface area contributed by atoms with Crippen LogP contribution in [0.2, 0.25) is 0 Å². The van der Waals surface area contributed by atoms with Crippen LogP contribution in [0, 0.1) is 0 Å². The van der Waals surface area contributed by atoms with E-state index in [1.54, 1.807) is 0 Å². The molecule has 0 aromatic carbocycles. The number of allylic oxidation sites excluding steroid dienone is 8. The first-order chi connectivity index (χ1) is 26.6. The number of hydrogen-bond donors (Lipinski definition) is 1. The number of carbonyl (C=O) groups is 1. The molecule has 9 heteroatoms. The molecule has 2 atom stereocenters. The van der Waals surface area contributed by atoms with Gasteiger partial charge in [0.1, 0.15) is 19.3 Å². The molecular weight excluding hydrogens is 709 g/mol. The van der Waals surface area contributed by atoms with Crippen LogP contribution in [0.3, 0.4) is 0 Å². The van der Waals surface area contributed by atoms with Gasteiger partial charge in [0.05, 0.1) is 34.4 Å². The summed E-state index contributed by atoms with van der Waals surface area (Å²) in [6.07, 6.45) is 47.2. The zero-order chi connectivity index (χ0) is 40.6. The Morgan fingerprint density at radius 1 is 0.564 bits per heavy atom. The standard InChI is InChI=1S/C46H86NO7P/c1-6-8-10-12-14-16-18-20-22-24-25-27-29-31-33-35-37-39-46(48)54-45(44-53-55(49,50)52-42-40-47(3,4)5)43-51-41-38-36-34-32-30-28-26-23-21-19-17-15-13-11-9-7-2/h14,16,20,22,25,27,31,33,45H,6-13,15,17-19,21,23-24,26,28-30,32,34-44H2,1-5H3/p+1/b16-14+,22-20+,27-25+,33-31+/t45-/m1/s1. The lowest BCUT2D eigenvalue weighted by atomic mass is 10.0. The van der Waals surface area contributed by atoms with Crippen LogP contribution in [-0.2, 0) is 27.9 Å². The third-order valence-electron chi connectivity index (χ3n) is 9.39. The van der Waals surface area contributed by atoms with E-state index in [9.17, 15) is 14.3 Å². The van der Waals surface area contributed by atoms with Gasteiger partial charge in [0.25, 0.3) is 0 Å². The summed E-state index contributed by atoms with van der Waals surface area (Å²) in [6, 6.07) is 0. The molecule has 0 amide bonds. The smallest absolute Gasteiger partial charge is 0.457 e. The summed E-state index contributed by atoms with van der Waals surface area (Å²) in [4.78, 5) is 22.9. The lowest BCUT2D eigenvalue weighted by molar-refractivity contribution is -0.870. The molecule has 0 aliphatic heterocycles. The molecule has 0 spiro atoms. The Morgan fingerprint density at radius 2 is 1.00 bits per heavy atom. The molecule has 0 aliphatic rings. The van der Waals surface area contributed by atoms with Gasteiger partial charge in [0.2, 0.25) is 0 Å². The predicted molar refractivity (Wildman–Crippen MR) is 233 cm³/mol. The molecule has 0 rings (SSSR count). The molecule has 0 aromatic rings. The van der Waals surface area contributed by atoms with Crippen LogP contribution in [0.25, 0.3) is 0 Å². The second kappa shape index (κ2) is 39.3. The molecule has 0 heterocycles. The number of carbonyl (C=O) groups excluding carboxylic acids is 1. The van der Waals surface area contributed by atoms with Crippen LogP contribution in [0.15, 0.2) is 48.6 Å². The maximum atomic E-state index is 12.7. The van der Waals surface area contributed by atoms with E-state index in [0.29, 0.717) is 24.1 Å². The number of ether oxygens (including phenoxy) is 2. The average molecular weight is 797 g/mol. The normalized spacial score (nSPS) is 14.2. The van der Waals surface area contributed by atoms with Crippen LogP contribution < -0.4 is 0 Å². The van der Waals surface area contributed by atoms with Crippen LogP contribution in [-0.4, -0.2) is 75.6 Å². The summed E-state index contributed by atoms with van der Waals surface area (Å²) in [5.41, 5.74) is 0. The fourth-order valence-electron chi connectivity index (χ4n) is 5.90. The molecule has 0 radical (unpaired) electrons. The average Bonchev–Trinajstić information content (AvgIpc) is 3.13. The summed E-state index contributed by atoms with van der Waals surface area (Å²) in [6.45, 7) is 5.53. The summed E-state index contributed by atoms with van der Waals surface area (Å²) in [5.74, 6) is -0.366. The molecule has 322 valence electrons. The van der Waals surface area contributed by atoms with Crippen molar-refractivity contribution in [3.8, 4) is 0 Å². The second-order valence-corrected chi connectivity index (χ2v) is 17.5. The monoisotopic (exact) mass is 797 g/mol.